The van der Waals surface area contributed by atoms with Crippen LogP contribution in [0.15, 0.2) is 0 Å². The minimum absolute atomic E-state index is 0.526. The van der Waals surface area contributed by atoms with Crippen LogP contribution in [-0.2, 0) is 14.2 Å². The molecule has 19 heteroatoms. The van der Waals surface area contributed by atoms with E-state index in [2.05, 4.69) is 0 Å². The Bertz CT molecular complexity index is 598. The standard InChI is InChI=1S/C12H22O11.2C4H10O4/c13-1-4-6(16)8(18)9(19)11(21-4)23-12(3-15)10(20)7(17)5(2-14)22-12;2*5-1-3(7)4(8)2-6/h4-11,13-20H,1-3H2;2*3-8H,1-2H2/t4-,5-,6-,7-,8+,9-,10+,11-,12+;;/m1../s1. The minimum Gasteiger partial charge on any atom is -0.394 e. The second kappa shape index (κ2) is 18.6. The molecule has 0 aromatic heterocycles. The summed E-state index contributed by atoms with van der Waals surface area (Å²) in [5, 5.41) is 143. The Kier molecular flexibility index (Phi) is 18.3. The van der Waals surface area contributed by atoms with Crippen LogP contribution in [0.25, 0.3) is 0 Å². The summed E-state index contributed by atoms with van der Waals surface area (Å²) in [7, 11) is 0. The second-order valence-corrected chi connectivity index (χ2v) is 8.56. The number of aliphatic hydroxyl groups is 16. The number of hydrogen-bond donors (Lipinski definition) is 16. The van der Waals surface area contributed by atoms with Crippen LogP contribution in [0, 0.1) is 0 Å². The Labute approximate surface area is 222 Å². The van der Waals surface area contributed by atoms with Crippen LogP contribution in [-0.4, -0.2) is 207 Å². The summed E-state index contributed by atoms with van der Waals surface area (Å²) in [5.74, 6) is -2.22. The normalized spacial score (nSPS) is 37.5. The molecular formula is C20H42O19. The van der Waals surface area contributed by atoms with Crippen LogP contribution in [0.1, 0.15) is 0 Å². The highest BCUT2D eigenvalue weighted by atomic mass is 16.8. The Morgan fingerprint density at radius 1 is 0.564 bits per heavy atom. The van der Waals surface area contributed by atoms with E-state index in [4.69, 9.17) is 65.3 Å². The van der Waals surface area contributed by atoms with Gasteiger partial charge in [0.1, 0.15) is 73.8 Å². The summed E-state index contributed by atoms with van der Waals surface area (Å²) in [4.78, 5) is 0. The lowest BCUT2D eigenvalue weighted by Gasteiger charge is -2.43. The molecule has 2 aliphatic heterocycles. The molecule has 0 aromatic carbocycles. The van der Waals surface area contributed by atoms with Gasteiger partial charge in [-0.05, 0) is 0 Å². The van der Waals surface area contributed by atoms with Gasteiger partial charge in [-0.2, -0.15) is 0 Å². The minimum atomic E-state index is -2.22. The molecule has 0 aliphatic carbocycles. The van der Waals surface area contributed by atoms with Crippen LogP contribution < -0.4 is 0 Å². The third kappa shape index (κ3) is 10.5. The molecule has 0 saturated carbocycles. The SMILES string of the molecule is OCC(O)C(O)CO.OCC(O)C(O)CO.OC[C@H]1O[C@@](CO)(O[C@H]2O[C@H](CO)[C@@H](O)[C@H](O)[C@H]2O)[C@@H](O)[C@@H]1O. The van der Waals surface area contributed by atoms with Crippen molar-refractivity contribution in [1.29, 1.82) is 0 Å². The molecule has 19 nitrogen and oxygen atoms in total. The highest BCUT2D eigenvalue weighted by Gasteiger charge is 2.58. The zero-order valence-corrected chi connectivity index (χ0v) is 20.8. The zero-order chi connectivity index (χ0) is 30.5. The summed E-state index contributed by atoms with van der Waals surface area (Å²) in [5.41, 5.74) is 0. The fourth-order valence-corrected chi connectivity index (χ4v) is 3.12. The Balaban J connectivity index is 0.000000742. The van der Waals surface area contributed by atoms with Gasteiger partial charge >= 0.3 is 0 Å². The first-order valence-corrected chi connectivity index (χ1v) is 11.6. The molecule has 2 saturated heterocycles. The van der Waals surface area contributed by atoms with E-state index >= 15 is 0 Å². The predicted octanol–water partition coefficient (Wildman–Crippen LogP) is -10.0. The number of hydrogen-bond acceptors (Lipinski definition) is 19. The molecule has 236 valence electrons. The van der Waals surface area contributed by atoms with Crippen LogP contribution in [0.3, 0.4) is 0 Å². The maximum absolute atomic E-state index is 10.00. The van der Waals surface area contributed by atoms with E-state index in [0.29, 0.717) is 0 Å². The molecule has 0 bridgehead atoms. The van der Waals surface area contributed by atoms with Gasteiger partial charge in [-0.1, -0.05) is 0 Å². The fourth-order valence-electron chi connectivity index (χ4n) is 3.12. The molecule has 2 rings (SSSR count). The molecule has 4 unspecified atom stereocenters. The van der Waals surface area contributed by atoms with E-state index < -0.39 is 125 Å². The molecule has 39 heavy (non-hydrogen) atoms. The van der Waals surface area contributed by atoms with Crippen LogP contribution in [0.5, 0.6) is 0 Å². The molecule has 0 aromatic rings. The summed E-state index contributed by atoms with van der Waals surface area (Å²) in [6, 6.07) is 0. The molecule has 0 spiro atoms. The van der Waals surface area contributed by atoms with E-state index in [1.807, 2.05) is 0 Å². The van der Waals surface area contributed by atoms with Gasteiger partial charge in [-0.15, -0.1) is 0 Å². The Morgan fingerprint density at radius 2 is 0.974 bits per heavy atom. The van der Waals surface area contributed by atoms with Gasteiger partial charge in [0, 0.05) is 0 Å². The fraction of sp³-hybridized carbons (Fsp3) is 1.00. The molecular weight excluding hydrogens is 544 g/mol. The lowest BCUT2D eigenvalue weighted by atomic mass is 9.99. The molecule has 16 N–H and O–H groups in total. The van der Waals surface area contributed by atoms with Crippen molar-refractivity contribution >= 4 is 0 Å². The topological polar surface area (TPSA) is 351 Å². The van der Waals surface area contributed by atoms with Crippen LogP contribution >= 0.6 is 0 Å². The molecule has 2 fully saturated rings. The van der Waals surface area contributed by atoms with Crippen molar-refractivity contribution in [2.75, 3.05) is 46.2 Å². The van der Waals surface area contributed by atoms with E-state index in [0.717, 1.165) is 0 Å². The van der Waals surface area contributed by atoms with Crippen molar-refractivity contribution in [2.45, 2.75) is 79.2 Å². The highest BCUT2D eigenvalue weighted by molar-refractivity contribution is 4.98. The maximum atomic E-state index is 10.00. The van der Waals surface area contributed by atoms with E-state index in [1.165, 1.54) is 0 Å². The van der Waals surface area contributed by atoms with E-state index in [1.54, 1.807) is 0 Å². The summed E-state index contributed by atoms with van der Waals surface area (Å²) < 4.78 is 15.4. The largest absolute Gasteiger partial charge is 0.394 e. The first kappa shape index (κ1) is 38.2. The zero-order valence-electron chi connectivity index (χ0n) is 20.8. The van der Waals surface area contributed by atoms with Gasteiger partial charge in [0.25, 0.3) is 0 Å². The van der Waals surface area contributed by atoms with Crippen LogP contribution in [0.4, 0.5) is 0 Å². The lowest BCUT2D eigenvalue weighted by molar-refractivity contribution is -0.383. The van der Waals surface area contributed by atoms with E-state index in [-0.39, 0.29) is 0 Å². The van der Waals surface area contributed by atoms with Gasteiger partial charge in [-0.3, -0.25) is 0 Å². The Hall–Kier alpha value is -0.760. The third-order valence-corrected chi connectivity index (χ3v) is 5.71. The predicted molar refractivity (Wildman–Crippen MR) is 121 cm³/mol. The average Bonchev–Trinajstić information content (AvgIpc) is 3.20. The smallest absolute Gasteiger partial charge is 0.224 e. The maximum Gasteiger partial charge on any atom is 0.224 e. The van der Waals surface area contributed by atoms with Crippen molar-refractivity contribution in [2.24, 2.45) is 0 Å². The van der Waals surface area contributed by atoms with Crippen molar-refractivity contribution in [3.63, 3.8) is 0 Å². The highest BCUT2D eigenvalue weighted by Crippen LogP contribution is 2.35. The lowest BCUT2D eigenvalue weighted by Crippen LogP contribution is -2.62. The monoisotopic (exact) mass is 586 g/mol. The van der Waals surface area contributed by atoms with Gasteiger partial charge < -0.3 is 95.9 Å². The number of ether oxygens (including phenoxy) is 3. The summed E-state index contributed by atoms with van der Waals surface area (Å²) in [6.45, 7) is -4.43. The molecule has 13 atom stereocenters. The average molecular weight is 587 g/mol. The first-order valence-electron chi connectivity index (χ1n) is 11.6. The second-order valence-electron chi connectivity index (χ2n) is 8.56. The third-order valence-electron chi connectivity index (χ3n) is 5.71. The Morgan fingerprint density at radius 3 is 1.28 bits per heavy atom. The van der Waals surface area contributed by atoms with E-state index in [9.17, 15) is 30.6 Å². The number of rotatable bonds is 11. The number of aliphatic hydroxyl groups excluding tert-OH is 16. The summed E-state index contributed by atoms with van der Waals surface area (Å²) in [6.07, 6.45) is -17.5. The molecule has 2 heterocycles. The first-order chi connectivity index (χ1) is 18.2. The van der Waals surface area contributed by atoms with Gasteiger partial charge in [0.2, 0.25) is 5.79 Å². The van der Waals surface area contributed by atoms with Crippen LogP contribution in [0.2, 0.25) is 0 Å². The van der Waals surface area contributed by atoms with Gasteiger partial charge in [0.15, 0.2) is 6.29 Å². The van der Waals surface area contributed by atoms with Gasteiger partial charge in [-0.25, -0.2) is 0 Å². The van der Waals surface area contributed by atoms with Crippen molar-refractivity contribution in [3.05, 3.63) is 0 Å². The summed E-state index contributed by atoms with van der Waals surface area (Å²) >= 11 is 0. The molecule has 0 amide bonds. The molecule has 0 radical (unpaired) electrons. The van der Waals surface area contributed by atoms with Crippen molar-refractivity contribution in [1.82, 2.24) is 0 Å². The van der Waals surface area contributed by atoms with Gasteiger partial charge in [0.05, 0.1) is 39.6 Å². The quantitative estimate of drug-likeness (QED) is 0.107. The van der Waals surface area contributed by atoms with Crippen molar-refractivity contribution in [3.8, 4) is 0 Å². The molecule has 2 aliphatic rings. The van der Waals surface area contributed by atoms with Crippen molar-refractivity contribution < 1.29 is 95.9 Å².